The standard InChI is InChI=1S/C17H12BFN6O/c18-11-4-5-14(13(19)7-11)22-17(26)16-23-15(9-21)24-25(16)12-3-1-2-10(6-12)8-20/h1-7H,8,20H2,(H,22,26). The van der Waals surface area contributed by atoms with Crippen LogP contribution in [0.3, 0.4) is 0 Å². The Balaban J connectivity index is 2.00. The molecule has 9 heteroatoms. The third kappa shape index (κ3) is 3.45. The maximum atomic E-state index is 13.9. The molecule has 0 atom stereocenters. The molecule has 2 radical (unpaired) electrons. The minimum Gasteiger partial charge on any atom is -0.326 e. The molecule has 0 fully saturated rings. The van der Waals surface area contributed by atoms with Gasteiger partial charge >= 0.3 is 0 Å². The molecule has 2 aromatic carbocycles. The normalized spacial score (nSPS) is 10.3. The lowest BCUT2D eigenvalue weighted by atomic mass is 9.96. The fourth-order valence-corrected chi connectivity index (χ4v) is 2.31. The number of amides is 1. The van der Waals surface area contributed by atoms with Gasteiger partial charge in [0.15, 0.2) is 0 Å². The maximum Gasteiger partial charge on any atom is 0.293 e. The molecule has 0 aliphatic carbocycles. The summed E-state index contributed by atoms with van der Waals surface area (Å²) in [5, 5.41) is 15.5. The summed E-state index contributed by atoms with van der Waals surface area (Å²) in [5.41, 5.74) is 7.11. The Morgan fingerprint density at radius 3 is 2.85 bits per heavy atom. The second-order valence-electron chi connectivity index (χ2n) is 5.35. The summed E-state index contributed by atoms with van der Waals surface area (Å²) in [6.07, 6.45) is 0. The molecule has 0 saturated carbocycles. The minimum absolute atomic E-state index is 0.0621. The highest BCUT2D eigenvalue weighted by Crippen LogP contribution is 2.16. The molecule has 126 valence electrons. The van der Waals surface area contributed by atoms with Crippen molar-refractivity contribution < 1.29 is 9.18 Å². The number of carbonyl (C=O) groups is 1. The molecule has 0 saturated heterocycles. The van der Waals surface area contributed by atoms with Crippen LogP contribution < -0.4 is 16.5 Å². The molecule has 3 aromatic rings. The number of nitrogens with zero attached hydrogens (tertiary/aromatic N) is 4. The average Bonchev–Trinajstić information content (AvgIpc) is 3.09. The van der Waals surface area contributed by atoms with Crippen molar-refractivity contribution in [3.05, 3.63) is 65.5 Å². The highest BCUT2D eigenvalue weighted by molar-refractivity contribution is 6.32. The molecule has 1 heterocycles. The molecule has 7 nitrogen and oxygen atoms in total. The van der Waals surface area contributed by atoms with Crippen LogP contribution in [0.2, 0.25) is 0 Å². The maximum absolute atomic E-state index is 13.9. The SMILES string of the molecule is [B]c1ccc(NC(=O)c2nc(C#N)nn2-c2cccc(CN)c2)c(F)c1. The van der Waals surface area contributed by atoms with Gasteiger partial charge in [-0.25, -0.2) is 9.07 Å². The topological polar surface area (TPSA) is 110 Å². The number of hydrogen-bond donors (Lipinski definition) is 2. The van der Waals surface area contributed by atoms with Gasteiger partial charge in [0.25, 0.3) is 11.7 Å². The largest absolute Gasteiger partial charge is 0.326 e. The first-order valence-corrected chi connectivity index (χ1v) is 7.54. The number of carbonyl (C=O) groups excluding carboxylic acids is 1. The van der Waals surface area contributed by atoms with Crippen molar-refractivity contribution in [1.29, 1.82) is 5.26 Å². The van der Waals surface area contributed by atoms with E-state index >= 15 is 0 Å². The number of rotatable bonds is 4. The minimum atomic E-state index is -0.721. The zero-order valence-corrected chi connectivity index (χ0v) is 13.5. The summed E-state index contributed by atoms with van der Waals surface area (Å²) < 4.78 is 15.1. The van der Waals surface area contributed by atoms with Crippen LogP contribution in [0.4, 0.5) is 10.1 Å². The number of aromatic nitrogens is 3. The average molecular weight is 346 g/mol. The zero-order chi connectivity index (χ0) is 18.7. The summed E-state index contributed by atoms with van der Waals surface area (Å²) in [6, 6.07) is 12.6. The van der Waals surface area contributed by atoms with Gasteiger partial charge in [0.1, 0.15) is 19.7 Å². The van der Waals surface area contributed by atoms with Gasteiger partial charge in [-0.15, -0.1) is 5.10 Å². The number of nitriles is 1. The van der Waals surface area contributed by atoms with Crippen LogP contribution in [0.5, 0.6) is 0 Å². The lowest BCUT2D eigenvalue weighted by molar-refractivity contribution is 0.101. The smallest absolute Gasteiger partial charge is 0.293 e. The molecule has 0 bridgehead atoms. The van der Waals surface area contributed by atoms with Gasteiger partial charge in [-0.05, 0) is 29.8 Å². The molecule has 0 spiro atoms. The van der Waals surface area contributed by atoms with E-state index in [2.05, 4.69) is 15.4 Å². The Labute approximate surface area is 149 Å². The number of nitrogens with one attached hydrogen (secondary N) is 1. The molecule has 0 aliphatic heterocycles. The van der Waals surface area contributed by atoms with Crippen LogP contribution in [0.25, 0.3) is 5.69 Å². The molecule has 26 heavy (non-hydrogen) atoms. The van der Waals surface area contributed by atoms with Gasteiger partial charge < -0.3 is 11.1 Å². The summed E-state index contributed by atoms with van der Waals surface area (Å²) in [6.45, 7) is 0.297. The van der Waals surface area contributed by atoms with Gasteiger partial charge in [0.05, 0.1) is 11.4 Å². The van der Waals surface area contributed by atoms with E-state index in [0.29, 0.717) is 12.2 Å². The third-order valence-corrected chi connectivity index (χ3v) is 3.54. The van der Waals surface area contributed by atoms with E-state index in [1.54, 1.807) is 24.3 Å². The molecule has 1 aromatic heterocycles. The predicted molar refractivity (Wildman–Crippen MR) is 93.7 cm³/mol. The lowest BCUT2D eigenvalue weighted by Gasteiger charge is -2.09. The van der Waals surface area contributed by atoms with Gasteiger partial charge in [-0.3, -0.25) is 4.79 Å². The fraction of sp³-hybridized carbons (Fsp3) is 0.0588. The Hall–Kier alpha value is -3.51. The van der Waals surface area contributed by atoms with Crippen molar-refractivity contribution in [2.75, 3.05) is 5.32 Å². The number of nitrogens with two attached hydrogens (primary N) is 1. The van der Waals surface area contributed by atoms with Crippen molar-refractivity contribution in [2.45, 2.75) is 6.54 Å². The molecular formula is C17H12BFN6O. The van der Waals surface area contributed by atoms with E-state index in [-0.39, 0.29) is 22.8 Å². The summed E-state index contributed by atoms with van der Waals surface area (Å²) >= 11 is 0. The van der Waals surface area contributed by atoms with Crippen LogP contribution in [-0.4, -0.2) is 28.5 Å². The first kappa shape index (κ1) is 17.3. The monoisotopic (exact) mass is 346 g/mol. The first-order chi connectivity index (χ1) is 12.5. The Kier molecular flexibility index (Phi) is 4.77. The Morgan fingerprint density at radius 1 is 1.35 bits per heavy atom. The molecule has 0 unspecified atom stereocenters. The van der Waals surface area contributed by atoms with Crippen molar-refractivity contribution >= 4 is 24.9 Å². The van der Waals surface area contributed by atoms with E-state index < -0.39 is 11.7 Å². The number of anilines is 1. The van der Waals surface area contributed by atoms with Crippen LogP contribution in [0.1, 0.15) is 22.0 Å². The molecule has 3 rings (SSSR count). The predicted octanol–water partition coefficient (Wildman–Crippen LogP) is 0.783. The first-order valence-electron chi connectivity index (χ1n) is 7.54. The van der Waals surface area contributed by atoms with Gasteiger partial charge in [0.2, 0.25) is 5.82 Å². The third-order valence-electron chi connectivity index (χ3n) is 3.54. The van der Waals surface area contributed by atoms with E-state index in [1.165, 1.54) is 16.8 Å². The van der Waals surface area contributed by atoms with Crippen LogP contribution in [0, 0.1) is 17.1 Å². The molecule has 3 N–H and O–H groups in total. The second kappa shape index (κ2) is 7.17. The molecular weight excluding hydrogens is 334 g/mol. The van der Waals surface area contributed by atoms with Crippen molar-refractivity contribution in [2.24, 2.45) is 5.73 Å². The number of hydrogen-bond acceptors (Lipinski definition) is 5. The van der Waals surface area contributed by atoms with E-state index in [4.69, 9.17) is 18.8 Å². The van der Waals surface area contributed by atoms with Crippen molar-refractivity contribution in [3.63, 3.8) is 0 Å². The molecule has 1 amide bonds. The van der Waals surface area contributed by atoms with Gasteiger partial charge in [-0.1, -0.05) is 23.7 Å². The fourth-order valence-electron chi connectivity index (χ4n) is 2.31. The van der Waals surface area contributed by atoms with E-state index in [9.17, 15) is 9.18 Å². The zero-order valence-electron chi connectivity index (χ0n) is 13.5. The molecule has 0 aliphatic rings. The highest BCUT2D eigenvalue weighted by Gasteiger charge is 2.20. The van der Waals surface area contributed by atoms with E-state index in [1.807, 2.05) is 6.07 Å². The van der Waals surface area contributed by atoms with Gasteiger partial charge in [-0.2, -0.15) is 10.2 Å². The van der Waals surface area contributed by atoms with Gasteiger partial charge in [0, 0.05) is 6.54 Å². The number of halogens is 1. The van der Waals surface area contributed by atoms with Crippen molar-refractivity contribution in [3.8, 4) is 11.8 Å². The van der Waals surface area contributed by atoms with Crippen LogP contribution in [-0.2, 0) is 6.54 Å². The highest BCUT2D eigenvalue weighted by atomic mass is 19.1. The summed E-state index contributed by atoms with van der Waals surface area (Å²) in [4.78, 5) is 16.5. The Bertz CT molecular complexity index is 1030. The number of benzene rings is 2. The lowest BCUT2D eigenvalue weighted by Crippen LogP contribution is -2.19. The van der Waals surface area contributed by atoms with Crippen LogP contribution >= 0.6 is 0 Å². The summed E-state index contributed by atoms with van der Waals surface area (Å²) in [5.74, 6) is -1.76. The quantitative estimate of drug-likeness (QED) is 0.679. The van der Waals surface area contributed by atoms with E-state index in [0.717, 1.165) is 11.6 Å². The summed E-state index contributed by atoms with van der Waals surface area (Å²) in [7, 11) is 5.49. The van der Waals surface area contributed by atoms with Crippen LogP contribution in [0.15, 0.2) is 42.5 Å². The second-order valence-corrected chi connectivity index (χ2v) is 5.35. The van der Waals surface area contributed by atoms with Crippen molar-refractivity contribution in [1.82, 2.24) is 14.8 Å². The Morgan fingerprint density at radius 2 is 2.15 bits per heavy atom.